The van der Waals surface area contributed by atoms with E-state index in [0.29, 0.717) is 44.7 Å². The number of methoxy groups -OCH3 is 3. The molecule has 41 heavy (non-hydrogen) atoms. The van der Waals surface area contributed by atoms with Crippen LogP contribution in [0.5, 0.6) is 23.0 Å². The van der Waals surface area contributed by atoms with E-state index >= 15 is 0 Å². The second kappa shape index (κ2) is 14.2. The van der Waals surface area contributed by atoms with Gasteiger partial charge in [0, 0.05) is 16.0 Å². The highest BCUT2D eigenvalue weighted by Gasteiger charge is 2.23. The number of carbonyl (C=O) groups excluding carboxylic acids is 3. The number of benzene rings is 2. The molecule has 1 unspecified atom stereocenters. The molecule has 2 amide bonds. The van der Waals surface area contributed by atoms with Crippen molar-refractivity contribution in [1.29, 1.82) is 0 Å². The van der Waals surface area contributed by atoms with Gasteiger partial charge in [0.2, 0.25) is 5.75 Å². The molecule has 1 heterocycles. The molecule has 1 atom stereocenters. The minimum Gasteiger partial charge on any atom is -0.493 e. The predicted molar refractivity (Wildman–Crippen MR) is 156 cm³/mol. The molecule has 0 saturated heterocycles. The SMILES string of the molecule is CCOC(=O)c1c(NC(=O)c2ccc(OC(C)C(=O)N/N=C/c3cc(OC)c(OC)c(OC)c3)cc2)sc(C)c1C. The van der Waals surface area contributed by atoms with Crippen LogP contribution >= 0.6 is 11.3 Å². The molecule has 3 aromatic rings. The third-order valence-electron chi connectivity index (χ3n) is 5.97. The molecule has 0 spiro atoms. The van der Waals surface area contributed by atoms with Crippen molar-refractivity contribution < 1.29 is 38.1 Å². The number of nitrogens with zero attached hydrogens (tertiary/aromatic N) is 1. The van der Waals surface area contributed by atoms with Crippen molar-refractivity contribution in [3.63, 3.8) is 0 Å². The van der Waals surface area contributed by atoms with Gasteiger partial charge in [-0.3, -0.25) is 9.59 Å². The zero-order valence-electron chi connectivity index (χ0n) is 23.9. The van der Waals surface area contributed by atoms with Gasteiger partial charge < -0.3 is 29.0 Å². The molecular formula is C29H33N3O8S. The van der Waals surface area contributed by atoms with Gasteiger partial charge in [0.1, 0.15) is 10.8 Å². The maximum Gasteiger partial charge on any atom is 0.341 e. The van der Waals surface area contributed by atoms with E-state index in [2.05, 4.69) is 15.8 Å². The predicted octanol–water partition coefficient (Wildman–Crippen LogP) is 4.74. The summed E-state index contributed by atoms with van der Waals surface area (Å²) in [7, 11) is 4.52. The highest BCUT2D eigenvalue weighted by atomic mass is 32.1. The third kappa shape index (κ3) is 7.54. The van der Waals surface area contributed by atoms with Crippen molar-refractivity contribution in [3.05, 3.63) is 63.5 Å². The summed E-state index contributed by atoms with van der Waals surface area (Å²) in [4.78, 5) is 38.7. The van der Waals surface area contributed by atoms with Crippen LogP contribution in [0.4, 0.5) is 5.00 Å². The van der Waals surface area contributed by atoms with Crippen molar-refractivity contribution >= 4 is 40.3 Å². The Bertz CT molecular complexity index is 1410. The lowest BCUT2D eigenvalue weighted by Crippen LogP contribution is -2.33. The van der Waals surface area contributed by atoms with Crippen LogP contribution < -0.4 is 29.7 Å². The van der Waals surface area contributed by atoms with E-state index in [1.165, 1.54) is 38.9 Å². The quantitative estimate of drug-likeness (QED) is 0.178. The minimum atomic E-state index is -0.879. The number of esters is 1. The first kappa shape index (κ1) is 31.0. The van der Waals surface area contributed by atoms with E-state index in [1.54, 1.807) is 50.2 Å². The maximum atomic E-state index is 12.9. The van der Waals surface area contributed by atoms with Gasteiger partial charge in [-0.1, -0.05) is 0 Å². The average molecular weight is 584 g/mol. The van der Waals surface area contributed by atoms with Crippen LogP contribution in [0, 0.1) is 13.8 Å². The molecule has 2 N–H and O–H groups in total. The standard InChI is InChI=1S/C29H33N3O8S/c1-8-39-29(35)24-16(2)18(4)41-28(24)31-27(34)20-9-11-21(12-10-20)40-17(3)26(33)32-30-15-19-13-22(36-5)25(38-7)23(14-19)37-6/h9-15,17H,8H2,1-7H3,(H,31,34)(H,32,33)/b30-15+. The first-order chi connectivity index (χ1) is 19.6. The average Bonchev–Trinajstić information content (AvgIpc) is 3.24. The third-order valence-corrected chi connectivity index (χ3v) is 7.09. The summed E-state index contributed by atoms with van der Waals surface area (Å²) in [6.07, 6.45) is 0.558. The molecule has 0 fully saturated rings. The van der Waals surface area contributed by atoms with E-state index < -0.39 is 23.9 Å². The molecule has 0 aliphatic carbocycles. The minimum absolute atomic E-state index is 0.234. The maximum absolute atomic E-state index is 12.9. The van der Waals surface area contributed by atoms with Crippen LogP contribution in [-0.2, 0) is 9.53 Å². The second-order valence-electron chi connectivity index (χ2n) is 8.64. The van der Waals surface area contributed by atoms with Crippen LogP contribution in [-0.4, -0.2) is 58.0 Å². The fourth-order valence-corrected chi connectivity index (χ4v) is 4.76. The highest BCUT2D eigenvalue weighted by molar-refractivity contribution is 7.16. The van der Waals surface area contributed by atoms with Gasteiger partial charge in [0.25, 0.3) is 11.8 Å². The number of carbonyl (C=O) groups is 3. The Labute approximate surface area is 242 Å². The van der Waals surface area contributed by atoms with Gasteiger partial charge in [-0.2, -0.15) is 5.10 Å². The largest absolute Gasteiger partial charge is 0.493 e. The van der Waals surface area contributed by atoms with Gasteiger partial charge in [-0.25, -0.2) is 10.2 Å². The van der Waals surface area contributed by atoms with Crippen molar-refractivity contribution in [3.8, 4) is 23.0 Å². The van der Waals surface area contributed by atoms with Crippen LogP contribution in [0.15, 0.2) is 41.5 Å². The van der Waals surface area contributed by atoms with Gasteiger partial charge >= 0.3 is 5.97 Å². The van der Waals surface area contributed by atoms with E-state index in [1.807, 2.05) is 13.8 Å². The molecule has 0 saturated carbocycles. The monoisotopic (exact) mass is 583 g/mol. The Morgan fingerprint density at radius 3 is 2.20 bits per heavy atom. The molecule has 1 aromatic heterocycles. The molecule has 218 valence electrons. The summed E-state index contributed by atoms with van der Waals surface area (Å²) in [6, 6.07) is 9.66. The van der Waals surface area contributed by atoms with Crippen molar-refractivity contribution in [1.82, 2.24) is 5.43 Å². The number of aryl methyl sites for hydroxylation is 1. The van der Waals surface area contributed by atoms with Gasteiger partial charge in [-0.15, -0.1) is 11.3 Å². The topological polar surface area (TPSA) is 134 Å². The van der Waals surface area contributed by atoms with Crippen molar-refractivity contribution in [2.75, 3.05) is 33.3 Å². The molecule has 0 bridgehead atoms. The second-order valence-corrected chi connectivity index (χ2v) is 9.86. The molecular weight excluding hydrogens is 550 g/mol. The number of amides is 2. The van der Waals surface area contributed by atoms with E-state index in [0.717, 1.165) is 10.4 Å². The van der Waals surface area contributed by atoms with Gasteiger partial charge in [-0.05, 0) is 69.7 Å². The molecule has 0 aliphatic heterocycles. The number of nitrogens with one attached hydrogen (secondary N) is 2. The molecule has 3 rings (SSSR count). The van der Waals surface area contributed by atoms with E-state index in [9.17, 15) is 14.4 Å². The zero-order chi connectivity index (χ0) is 30.1. The highest BCUT2D eigenvalue weighted by Crippen LogP contribution is 2.38. The van der Waals surface area contributed by atoms with Crippen LogP contribution in [0.1, 0.15) is 50.6 Å². The lowest BCUT2D eigenvalue weighted by atomic mass is 10.1. The summed E-state index contributed by atoms with van der Waals surface area (Å²) in [5.74, 6) is 0.379. The fourth-order valence-electron chi connectivity index (χ4n) is 3.72. The Hall–Kier alpha value is -4.58. The zero-order valence-corrected chi connectivity index (χ0v) is 24.8. The molecule has 2 aromatic carbocycles. The Kier molecular flexibility index (Phi) is 10.7. The van der Waals surface area contributed by atoms with E-state index in [-0.39, 0.29) is 6.61 Å². The number of hydrogen-bond acceptors (Lipinski definition) is 10. The lowest BCUT2D eigenvalue weighted by molar-refractivity contribution is -0.127. The Balaban J connectivity index is 1.60. The van der Waals surface area contributed by atoms with Crippen LogP contribution in [0.25, 0.3) is 0 Å². The summed E-state index contributed by atoms with van der Waals surface area (Å²) in [5, 5.41) is 7.22. The molecule has 11 nitrogen and oxygen atoms in total. The molecule has 0 aliphatic rings. The summed E-state index contributed by atoms with van der Waals surface area (Å²) >= 11 is 1.31. The first-order valence-electron chi connectivity index (χ1n) is 12.6. The normalized spacial score (nSPS) is 11.5. The number of hydrogen-bond donors (Lipinski definition) is 2. The number of anilines is 1. The number of ether oxygens (including phenoxy) is 5. The van der Waals surface area contributed by atoms with Gasteiger partial charge in [0.05, 0.1) is 39.7 Å². The smallest absolute Gasteiger partial charge is 0.341 e. The van der Waals surface area contributed by atoms with E-state index in [4.69, 9.17) is 23.7 Å². The number of hydrazone groups is 1. The Morgan fingerprint density at radius 1 is 1.00 bits per heavy atom. The summed E-state index contributed by atoms with van der Waals surface area (Å²) in [5.41, 5.74) is 4.53. The number of thiophene rings is 1. The molecule has 0 radical (unpaired) electrons. The van der Waals surface area contributed by atoms with Gasteiger partial charge in [0.15, 0.2) is 17.6 Å². The van der Waals surface area contributed by atoms with Crippen LogP contribution in [0.3, 0.4) is 0 Å². The van der Waals surface area contributed by atoms with Crippen molar-refractivity contribution in [2.45, 2.75) is 33.8 Å². The summed E-state index contributed by atoms with van der Waals surface area (Å²) in [6.45, 7) is 7.22. The summed E-state index contributed by atoms with van der Waals surface area (Å²) < 4.78 is 26.8. The lowest BCUT2D eigenvalue weighted by Gasteiger charge is -2.14. The fraction of sp³-hybridized carbons (Fsp3) is 0.310. The van der Waals surface area contributed by atoms with Crippen LogP contribution in [0.2, 0.25) is 0 Å². The van der Waals surface area contributed by atoms with Crippen molar-refractivity contribution in [2.24, 2.45) is 5.10 Å². The Morgan fingerprint density at radius 2 is 1.63 bits per heavy atom. The number of rotatable bonds is 12. The first-order valence-corrected chi connectivity index (χ1v) is 13.4. The molecule has 12 heteroatoms.